The van der Waals surface area contributed by atoms with Crippen LogP contribution in [0.2, 0.25) is 0 Å². The fraction of sp³-hybridized carbons (Fsp3) is 0.273. The van der Waals surface area contributed by atoms with E-state index in [0.717, 1.165) is 0 Å². The molecule has 1 amide bonds. The van der Waals surface area contributed by atoms with Crippen molar-refractivity contribution >= 4 is 11.9 Å². The van der Waals surface area contributed by atoms with Gasteiger partial charge in [-0.3, -0.25) is 9.59 Å². The van der Waals surface area contributed by atoms with Crippen LogP contribution in [0.15, 0.2) is 24.3 Å². The molecule has 2 N–H and O–H groups in total. The quantitative estimate of drug-likeness (QED) is 0.784. The highest BCUT2D eigenvalue weighted by Gasteiger charge is 2.06. The van der Waals surface area contributed by atoms with E-state index in [4.69, 9.17) is 5.11 Å². The van der Waals surface area contributed by atoms with Crippen LogP contribution in [0.3, 0.4) is 0 Å². The van der Waals surface area contributed by atoms with Gasteiger partial charge < -0.3 is 10.4 Å². The number of halogens is 1. The van der Waals surface area contributed by atoms with Gasteiger partial charge in [0.2, 0.25) is 5.91 Å². The Balaban J connectivity index is 2.37. The number of amides is 1. The number of carboxylic acids is 1. The maximum Gasteiger partial charge on any atom is 0.322 e. The minimum Gasteiger partial charge on any atom is -0.480 e. The van der Waals surface area contributed by atoms with Crippen molar-refractivity contribution in [3.63, 3.8) is 0 Å². The van der Waals surface area contributed by atoms with Crippen LogP contribution in [0.25, 0.3) is 0 Å². The number of hydrogen-bond acceptors (Lipinski definition) is 2. The smallest absolute Gasteiger partial charge is 0.322 e. The maximum absolute atomic E-state index is 13.1. The first-order valence-electron chi connectivity index (χ1n) is 4.81. The van der Waals surface area contributed by atoms with Crippen LogP contribution in [0, 0.1) is 5.82 Å². The Labute approximate surface area is 92.1 Å². The lowest BCUT2D eigenvalue weighted by molar-refractivity contribution is -0.137. The predicted molar refractivity (Wildman–Crippen MR) is 55.4 cm³/mol. The van der Waals surface area contributed by atoms with Crippen LogP contribution in [0.4, 0.5) is 4.39 Å². The number of hydrogen-bond donors (Lipinski definition) is 2. The molecule has 1 aromatic rings. The summed E-state index contributed by atoms with van der Waals surface area (Å²) in [5, 5.41) is 10.5. The molecule has 4 nitrogen and oxygen atoms in total. The average molecular weight is 225 g/mol. The molecule has 0 aromatic heterocycles. The van der Waals surface area contributed by atoms with Crippen LogP contribution >= 0.6 is 0 Å². The second kappa shape index (κ2) is 5.85. The van der Waals surface area contributed by atoms with Gasteiger partial charge in [0, 0.05) is 6.42 Å². The average Bonchev–Trinajstić information content (AvgIpc) is 2.25. The first kappa shape index (κ1) is 12.2. The number of carbonyl (C=O) groups is 2. The lowest BCUT2D eigenvalue weighted by atomic mass is 10.1. The monoisotopic (exact) mass is 225 g/mol. The molecule has 1 aromatic carbocycles. The zero-order valence-corrected chi connectivity index (χ0v) is 8.57. The topological polar surface area (TPSA) is 66.4 Å². The van der Waals surface area contributed by atoms with Crippen molar-refractivity contribution in [2.45, 2.75) is 12.8 Å². The number of aryl methyl sites for hydroxylation is 1. The van der Waals surface area contributed by atoms with E-state index in [2.05, 4.69) is 5.32 Å². The van der Waals surface area contributed by atoms with Crippen molar-refractivity contribution in [2.24, 2.45) is 0 Å². The zero-order valence-electron chi connectivity index (χ0n) is 8.57. The molecule has 0 saturated heterocycles. The predicted octanol–water partition coefficient (Wildman–Crippen LogP) is 0.959. The fourth-order valence-corrected chi connectivity index (χ4v) is 1.21. The summed E-state index contributed by atoms with van der Waals surface area (Å²) in [5.74, 6) is -1.85. The second-order valence-electron chi connectivity index (χ2n) is 3.26. The molecular weight excluding hydrogens is 213 g/mol. The Kier molecular flexibility index (Phi) is 4.44. The fourth-order valence-electron chi connectivity index (χ4n) is 1.21. The molecule has 0 aliphatic carbocycles. The third kappa shape index (κ3) is 4.08. The van der Waals surface area contributed by atoms with Gasteiger partial charge in [-0.15, -0.1) is 0 Å². The Morgan fingerprint density at radius 3 is 2.62 bits per heavy atom. The van der Waals surface area contributed by atoms with Crippen LogP contribution in [0.5, 0.6) is 0 Å². The number of carboxylic acid groups (broad SMARTS) is 1. The minimum absolute atomic E-state index is 0.0776. The van der Waals surface area contributed by atoms with Gasteiger partial charge in [-0.1, -0.05) is 18.2 Å². The molecule has 0 bridgehead atoms. The van der Waals surface area contributed by atoms with Gasteiger partial charge in [-0.25, -0.2) is 4.39 Å². The highest BCUT2D eigenvalue weighted by Crippen LogP contribution is 2.08. The van der Waals surface area contributed by atoms with E-state index in [1.807, 2.05) is 0 Å². The lowest BCUT2D eigenvalue weighted by Gasteiger charge is -2.03. The number of rotatable bonds is 5. The molecular formula is C11H12FNO3. The van der Waals surface area contributed by atoms with Gasteiger partial charge in [0.25, 0.3) is 0 Å². The largest absolute Gasteiger partial charge is 0.480 e. The third-order valence-corrected chi connectivity index (χ3v) is 2.02. The number of benzene rings is 1. The Morgan fingerprint density at radius 2 is 2.00 bits per heavy atom. The van der Waals surface area contributed by atoms with Crippen molar-refractivity contribution in [3.8, 4) is 0 Å². The molecule has 0 fully saturated rings. The summed E-state index contributed by atoms with van der Waals surface area (Å²) < 4.78 is 13.1. The first-order valence-corrected chi connectivity index (χ1v) is 4.81. The molecule has 0 aliphatic heterocycles. The van der Waals surface area contributed by atoms with Gasteiger partial charge in [0.05, 0.1) is 0 Å². The molecule has 0 aliphatic rings. The number of aliphatic carboxylic acids is 1. The van der Waals surface area contributed by atoms with Crippen molar-refractivity contribution in [1.82, 2.24) is 5.32 Å². The van der Waals surface area contributed by atoms with E-state index in [0.29, 0.717) is 5.56 Å². The normalized spacial score (nSPS) is 9.81. The SMILES string of the molecule is O=C(O)CNC(=O)CCc1ccccc1F. The third-order valence-electron chi connectivity index (χ3n) is 2.02. The molecule has 0 heterocycles. The van der Waals surface area contributed by atoms with Crippen LogP contribution in [-0.2, 0) is 16.0 Å². The summed E-state index contributed by atoms with van der Waals surface area (Å²) in [6, 6.07) is 6.18. The van der Waals surface area contributed by atoms with Crippen molar-refractivity contribution < 1.29 is 19.1 Å². The molecule has 1 rings (SSSR count). The summed E-state index contributed by atoms with van der Waals surface area (Å²) in [7, 11) is 0. The van der Waals surface area contributed by atoms with E-state index >= 15 is 0 Å². The summed E-state index contributed by atoms with van der Waals surface area (Å²) in [5.41, 5.74) is 0.452. The minimum atomic E-state index is -1.10. The van der Waals surface area contributed by atoms with E-state index in [1.54, 1.807) is 18.2 Å². The van der Waals surface area contributed by atoms with Gasteiger partial charge >= 0.3 is 5.97 Å². The Hall–Kier alpha value is -1.91. The zero-order chi connectivity index (χ0) is 12.0. The molecule has 0 spiro atoms. The molecule has 0 radical (unpaired) electrons. The highest BCUT2D eigenvalue weighted by atomic mass is 19.1. The first-order chi connectivity index (χ1) is 7.59. The van der Waals surface area contributed by atoms with E-state index in [1.165, 1.54) is 6.07 Å². The molecule has 86 valence electrons. The van der Waals surface area contributed by atoms with Crippen LogP contribution in [0.1, 0.15) is 12.0 Å². The van der Waals surface area contributed by atoms with Gasteiger partial charge in [0.15, 0.2) is 0 Å². The van der Waals surface area contributed by atoms with E-state index in [9.17, 15) is 14.0 Å². The van der Waals surface area contributed by atoms with Gasteiger partial charge in [0.1, 0.15) is 12.4 Å². The maximum atomic E-state index is 13.1. The highest BCUT2D eigenvalue weighted by molar-refractivity contribution is 5.81. The van der Waals surface area contributed by atoms with E-state index in [-0.39, 0.29) is 18.7 Å². The molecule has 16 heavy (non-hydrogen) atoms. The molecule has 5 heteroatoms. The van der Waals surface area contributed by atoms with Crippen molar-refractivity contribution in [2.75, 3.05) is 6.54 Å². The standard InChI is InChI=1S/C11H12FNO3/c12-9-4-2-1-3-8(9)5-6-10(14)13-7-11(15)16/h1-4H,5-7H2,(H,13,14)(H,15,16). The van der Waals surface area contributed by atoms with Crippen LogP contribution < -0.4 is 5.32 Å². The van der Waals surface area contributed by atoms with E-state index < -0.39 is 18.4 Å². The summed E-state index contributed by atoms with van der Waals surface area (Å²) in [4.78, 5) is 21.3. The Bertz CT molecular complexity index is 393. The van der Waals surface area contributed by atoms with Gasteiger partial charge in [-0.05, 0) is 18.1 Å². The molecule has 0 atom stereocenters. The summed E-state index contributed by atoms with van der Waals surface area (Å²) in [6.45, 7) is -0.407. The Morgan fingerprint density at radius 1 is 1.31 bits per heavy atom. The van der Waals surface area contributed by atoms with Crippen LogP contribution in [-0.4, -0.2) is 23.5 Å². The molecule has 0 unspecified atom stereocenters. The number of nitrogens with one attached hydrogen (secondary N) is 1. The number of carbonyl (C=O) groups excluding carboxylic acids is 1. The second-order valence-corrected chi connectivity index (χ2v) is 3.26. The van der Waals surface area contributed by atoms with Crippen molar-refractivity contribution in [3.05, 3.63) is 35.6 Å². The summed E-state index contributed by atoms with van der Waals surface area (Å²) >= 11 is 0. The summed E-state index contributed by atoms with van der Waals surface area (Å²) in [6.07, 6.45) is 0.340. The van der Waals surface area contributed by atoms with Gasteiger partial charge in [-0.2, -0.15) is 0 Å². The molecule has 0 saturated carbocycles. The lowest BCUT2D eigenvalue weighted by Crippen LogP contribution is -2.29. The van der Waals surface area contributed by atoms with Crippen molar-refractivity contribution in [1.29, 1.82) is 0 Å².